The number of rotatable bonds is 4. The van der Waals surface area contributed by atoms with Crippen molar-refractivity contribution in [3.63, 3.8) is 0 Å². The Bertz CT molecular complexity index is 1300. The maximum absolute atomic E-state index is 11.4. The molecule has 0 radical (unpaired) electrons. The number of thiophene rings is 1. The summed E-state index contributed by atoms with van der Waals surface area (Å²) < 4.78 is 5.91. The van der Waals surface area contributed by atoms with Gasteiger partial charge in [0.1, 0.15) is 22.6 Å². The molecular formula is C26H27N3O3S. The van der Waals surface area contributed by atoms with Crippen LogP contribution in [0.25, 0.3) is 11.3 Å². The number of nitriles is 1. The molecule has 2 aromatic heterocycles. The monoisotopic (exact) mass is 461 g/mol. The normalized spacial score (nSPS) is 16.1. The van der Waals surface area contributed by atoms with Crippen LogP contribution in [0.15, 0.2) is 33.7 Å². The van der Waals surface area contributed by atoms with E-state index in [1.807, 2.05) is 13.0 Å². The van der Waals surface area contributed by atoms with Gasteiger partial charge in [0.25, 0.3) is 5.69 Å². The largest absolute Gasteiger partial charge is 0.455 e. The number of nitro benzene ring substituents is 1. The van der Waals surface area contributed by atoms with Gasteiger partial charge in [0, 0.05) is 22.1 Å². The molecule has 7 heteroatoms. The van der Waals surface area contributed by atoms with E-state index in [4.69, 9.17) is 4.42 Å². The first-order chi connectivity index (χ1) is 15.6. The molecule has 0 N–H and O–H groups in total. The third-order valence-electron chi connectivity index (χ3n) is 6.64. The summed E-state index contributed by atoms with van der Waals surface area (Å²) in [5.41, 5.74) is 4.29. The zero-order valence-corrected chi connectivity index (χ0v) is 20.4. The van der Waals surface area contributed by atoms with Gasteiger partial charge < -0.3 is 4.42 Å². The molecule has 0 bridgehead atoms. The van der Waals surface area contributed by atoms with Gasteiger partial charge in [-0.1, -0.05) is 20.8 Å². The Labute approximate surface area is 197 Å². The van der Waals surface area contributed by atoms with E-state index in [-0.39, 0.29) is 16.0 Å². The molecule has 170 valence electrons. The lowest BCUT2D eigenvalue weighted by Gasteiger charge is -2.33. The lowest BCUT2D eigenvalue weighted by atomic mass is 9.72. The Kier molecular flexibility index (Phi) is 5.98. The third kappa shape index (κ3) is 4.49. The molecule has 2 heterocycles. The molecule has 0 amide bonds. The molecule has 6 nitrogen and oxygen atoms in total. The summed E-state index contributed by atoms with van der Waals surface area (Å²) in [6.07, 6.45) is 4.62. The van der Waals surface area contributed by atoms with E-state index in [9.17, 15) is 15.4 Å². The van der Waals surface area contributed by atoms with Crippen LogP contribution in [0.4, 0.5) is 10.7 Å². The molecule has 0 saturated carbocycles. The third-order valence-corrected chi connectivity index (χ3v) is 7.80. The van der Waals surface area contributed by atoms with Gasteiger partial charge in [-0.25, -0.2) is 4.99 Å². The van der Waals surface area contributed by atoms with E-state index in [0.717, 1.165) is 35.4 Å². The van der Waals surface area contributed by atoms with E-state index in [2.05, 4.69) is 31.8 Å². The van der Waals surface area contributed by atoms with Gasteiger partial charge in [-0.3, -0.25) is 10.1 Å². The highest BCUT2D eigenvalue weighted by Crippen LogP contribution is 2.45. The van der Waals surface area contributed by atoms with Gasteiger partial charge in [0.15, 0.2) is 0 Å². The van der Waals surface area contributed by atoms with Crippen LogP contribution in [0.1, 0.15) is 60.1 Å². The molecule has 3 aromatic rings. The van der Waals surface area contributed by atoms with Crippen molar-refractivity contribution >= 4 is 28.2 Å². The highest BCUT2D eigenvalue weighted by atomic mass is 32.1. The molecular weight excluding hydrogens is 434 g/mol. The molecule has 1 atom stereocenters. The predicted octanol–water partition coefficient (Wildman–Crippen LogP) is 7.31. The number of aliphatic imine (C=N–C) groups is 1. The zero-order valence-electron chi connectivity index (χ0n) is 19.6. The van der Waals surface area contributed by atoms with Crippen molar-refractivity contribution in [2.75, 3.05) is 0 Å². The zero-order chi connectivity index (χ0) is 23.9. The first-order valence-corrected chi connectivity index (χ1v) is 11.8. The van der Waals surface area contributed by atoms with E-state index < -0.39 is 0 Å². The minimum atomic E-state index is -0.372. The standard InChI is InChI=1S/C26H27N3O3S/c1-15-10-17(11-22(16(15)2)29(30)31)23-9-7-19(32-23)14-28-25-21(13-27)20-8-6-18(26(3,4)5)12-24(20)33-25/h7,9-11,14,18H,6,8,12H2,1-5H3/t18-/m1/s1. The first-order valence-electron chi connectivity index (χ1n) is 11.0. The van der Waals surface area contributed by atoms with Gasteiger partial charge in [-0.15, -0.1) is 11.3 Å². The van der Waals surface area contributed by atoms with Crippen LogP contribution in [-0.4, -0.2) is 11.1 Å². The molecule has 33 heavy (non-hydrogen) atoms. The number of nitro groups is 1. The van der Waals surface area contributed by atoms with Crippen molar-refractivity contribution in [1.82, 2.24) is 0 Å². The number of fused-ring (bicyclic) bond motifs is 1. The molecule has 1 aliphatic carbocycles. The summed E-state index contributed by atoms with van der Waals surface area (Å²) in [5, 5.41) is 21.9. The summed E-state index contributed by atoms with van der Waals surface area (Å²) in [6, 6.07) is 9.35. The Morgan fingerprint density at radius 2 is 2.06 bits per heavy atom. The fourth-order valence-electron chi connectivity index (χ4n) is 4.39. The number of aryl methyl sites for hydroxylation is 1. The average Bonchev–Trinajstić information content (AvgIpc) is 3.36. The van der Waals surface area contributed by atoms with Crippen LogP contribution in [0, 0.1) is 46.6 Å². The van der Waals surface area contributed by atoms with E-state index in [0.29, 0.717) is 34.1 Å². The van der Waals surface area contributed by atoms with Gasteiger partial charge in [0.05, 0.1) is 16.7 Å². The number of nitrogens with zero attached hydrogens (tertiary/aromatic N) is 3. The van der Waals surface area contributed by atoms with Crippen LogP contribution in [0.3, 0.4) is 0 Å². The lowest BCUT2D eigenvalue weighted by molar-refractivity contribution is -0.385. The number of benzene rings is 1. The molecule has 4 rings (SSSR count). The Balaban J connectivity index is 1.61. The summed E-state index contributed by atoms with van der Waals surface area (Å²) in [6.45, 7) is 10.4. The van der Waals surface area contributed by atoms with Crippen molar-refractivity contribution in [3.05, 3.63) is 67.3 Å². The Hall–Kier alpha value is -3.24. The highest BCUT2D eigenvalue weighted by Gasteiger charge is 2.32. The predicted molar refractivity (Wildman–Crippen MR) is 132 cm³/mol. The number of furan rings is 1. The summed E-state index contributed by atoms with van der Waals surface area (Å²) in [4.78, 5) is 16.9. The molecule has 0 aliphatic heterocycles. The minimum Gasteiger partial charge on any atom is -0.455 e. The van der Waals surface area contributed by atoms with Crippen molar-refractivity contribution in [2.45, 2.75) is 53.9 Å². The van der Waals surface area contributed by atoms with E-state index in [1.54, 1.807) is 36.6 Å². The topological polar surface area (TPSA) is 92.4 Å². The van der Waals surface area contributed by atoms with Gasteiger partial charge in [-0.05, 0) is 73.8 Å². The second-order valence-corrected chi connectivity index (χ2v) is 10.8. The van der Waals surface area contributed by atoms with Crippen LogP contribution < -0.4 is 0 Å². The summed E-state index contributed by atoms with van der Waals surface area (Å²) in [5.74, 6) is 1.68. The van der Waals surface area contributed by atoms with Crippen molar-refractivity contribution in [3.8, 4) is 17.4 Å². The Morgan fingerprint density at radius 3 is 2.73 bits per heavy atom. The summed E-state index contributed by atoms with van der Waals surface area (Å²) >= 11 is 1.60. The second-order valence-electron chi connectivity index (χ2n) is 9.76. The van der Waals surface area contributed by atoms with Crippen LogP contribution in [0.2, 0.25) is 0 Å². The molecule has 0 fully saturated rings. The average molecular weight is 462 g/mol. The summed E-state index contributed by atoms with van der Waals surface area (Å²) in [7, 11) is 0. The van der Waals surface area contributed by atoms with E-state index >= 15 is 0 Å². The van der Waals surface area contributed by atoms with E-state index in [1.165, 1.54) is 10.9 Å². The maximum atomic E-state index is 11.4. The minimum absolute atomic E-state index is 0.0769. The smallest absolute Gasteiger partial charge is 0.273 e. The molecule has 1 aromatic carbocycles. The van der Waals surface area contributed by atoms with Crippen molar-refractivity contribution in [2.24, 2.45) is 16.3 Å². The van der Waals surface area contributed by atoms with Gasteiger partial charge >= 0.3 is 0 Å². The van der Waals surface area contributed by atoms with Crippen LogP contribution in [-0.2, 0) is 12.8 Å². The molecule has 0 unspecified atom stereocenters. The maximum Gasteiger partial charge on any atom is 0.273 e. The first kappa shape index (κ1) is 22.9. The number of hydrogen-bond acceptors (Lipinski definition) is 6. The fourth-order valence-corrected chi connectivity index (χ4v) is 5.61. The Morgan fingerprint density at radius 1 is 1.30 bits per heavy atom. The molecule has 0 saturated heterocycles. The van der Waals surface area contributed by atoms with Crippen molar-refractivity contribution < 1.29 is 9.34 Å². The van der Waals surface area contributed by atoms with Gasteiger partial charge in [-0.2, -0.15) is 5.26 Å². The lowest BCUT2D eigenvalue weighted by Crippen LogP contribution is -2.26. The SMILES string of the molecule is Cc1cc(-c2ccc(C=Nc3sc4c(c3C#N)CC[C@@H](C(C)(C)C)C4)o2)cc([N+](=O)[O-])c1C. The quantitative estimate of drug-likeness (QED) is 0.231. The molecule has 0 spiro atoms. The number of hydrogen-bond donors (Lipinski definition) is 0. The highest BCUT2D eigenvalue weighted by molar-refractivity contribution is 7.16. The van der Waals surface area contributed by atoms with Crippen LogP contribution in [0.5, 0.6) is 0 Å². The van der Waals surface area contributed by atoms with Gasteiger partial charge in [0.2, 0.25) is 0 Å². The fraction of sp³-hybridized carbons (Fsp3) is 0.385. The van der Waals surface area contributed by atoms with Crippen LogP contribution >= 0.6 is 11.3 Å². The van der Waals surface area contributed by atoms with Crippen molar-refractivity contribution in [1.29, 1.82) is 5.26 Å². The molecule has 1 aliphatic rings. The second kappa shape index (κ2) is 8.60.